The van der Waals surface area contributed by atoms with Gasteiger partial charge >= 0.3 is 0 Å². The highest BCUT2D eigenvalue weighted by atomic mass is 32.1. The van der Waals surface area contributed by atoms with Crippen LogP contribution in [0.5, 0.6) is 0 Å². The maximum absolute atomic E-state index is 10.7. The van der Waals surface area contributed by atoms with E-state index in [1.807, 2.05) is 30.3 Å². The zero-order valence-corrected chi connectivity index (χ0v) is 12.6. The van der Waals surface area contributed by atoms with Crippen LogP contribution < -0.4 is 0 Å². The van der Waals surface area contributed by atoms with Crippen molar-refractivity contribution in [1.82, 2.24) is 4.98 Å². The molecule has 0 radical (unpaired) electrons. The van der Waals surface area contributed by atoms with E-state index in [0.717, 1.165) is 27.8 Å². The van der Waals surface area contributed by atoms with Gasteiger partial charge in [0.05, 0.1) is 5.52 Å². The third-order valence-electron chi connectivity index (χ3n) is 4.21. The van der Waals surface area contributed by atoms with Gasteiger partial charge in [-0.15, -0.1) is 11.3 Å². The fraction of sp³-hybridized carbons (Fsp3) is 0.278. The van der Waals surface area contributed by atoms with E-state index in [9.17, 15) is 5.11 Å². The number of hydrogen-bond acceptors (Lipinski definition) is 3. The summed E-state index contributed by atoms with van der Waals surface area (Å²) in [6, 6.07) is 12.3. The van der Waals surface area contributed by atoms with E-state index >= 15 is 0 Å². The molecule has 0 saturated heterocycles. The number of aryl methyl sites for hydroxylation is 2. The van der Waals surface area contributed by atoms with Gasteiger partial charge in [-0.1, -0.05) is 18.2 Å². The zero-order valence-electron chi connectivity index (χ0n) is 11.7. The molecule has 21 heavy (non-hydrogen) atoms. The van der Waals surface area contributed by atoms with Crippen molar-refractivity contribution in [3.05, 3.63) is 63.5 Å². The Kier molecular flexibility index (Phi) is 3.24. The van der Waals surface area contributed by atoms with Crippen LogP contribution in [-0.4, -0.2) is 10.1 Å². The average molecular weight is 295 g/mol. The normalized spacial score (nSPS) is 15.9. The highest BCUT2D eigenvalue weighted by Crippen LogP contribution is 2.35. The van der Waals surface area contributed by atoms with Gasteiger partial charge in [0.1, 0.15) is 6.10 Å². The van der Waals surface area contributed by atoms with E-state index in [4.69, 9.17) is 0 Å². The highest BCUT2D eigenvalue weighted by Gasteiger charge is 2.19. The Hall–Kier alpha value is -1.71. The fourth-order valence-corrected chi connectivity index (χ4v) is 4.32. The summed E-state index contributed by atoms with van der Waals surface area (Å²) in [6.45, 7) is 0. The summed E-state index contributed by atoms with van der Waals surface area (Å²) < 4.78 is 0. The van der Waals surface area contributed by atoms with E-state index in [-0.39, 0.29) is 0 Å². The van der Waals surface area contributed by atoms with Crippen LogP contribution >= 0.6 is 11.3 Å². The second-order valence-corrected chi connectivity index (χ2v) is 6.84. The third kappa shape index (κ3) is 2.37. The molecule has 1 aromatic carbocycles. The number of para-hydroxylation sites is 1. The number of fused-ring (bicyclic) bond motifs is 2. The largest absolute Gasteiger partial charge is 0.383 e. The van der Waals surface area contributed by atoms with Crippen molar-refractivity contribution in [2.45, 2.75) is 31.8 Å². The molecule has 1 atom stereocenters. The third-order valence-corrected chi connectivity index (χ3v) is 5.50. The van der Waals surface area contributed by atoms with E-state index in [0.29, 0.717) is 0 Å². The molecule has 0 aliphatic heterocycles. The number of thiophene rings is 1. The summed E-state index contributed by atoms with van der Waals surface area (Å²) in [5.41, 5.74) is 3.29. The Labute approximate surface area is 128 Å². The maximum atomic E-state index is 10.7. The zero-order chi connectivity index (χ0) is 14.2. The molecule has 2 aromatic heterocycles. The van der Waals surface area contributed by atoms with Crippen molar-refractivity contribution in [2.75, 3.05) is 0 Å². The first kappa shape index (κ1) is 13.0. The molecule has 0 spiro atoms. The summed E-state index contributed by atoms with van der Waals surface area (Å²) >= 11 is 1.77. The Morgan fingerprint density at radius 1 is 1.10 bits per heavy atom. The van der Waals surface area contributed by atoms with E-state index in [1.54, 1.807) is 17.5 Å². The number of rotatable bonds is 2. The van der Waals surface area contributed by atoms with E-state index in [2.05, 4.69) is 11.1 Å². The molecule has 3 heteroatoms. The van der Waals surface area contributed by atoms with E-state index < -0.39 is 6.10 Å². The summed E-state index contributed by atoms with van der Waals surface area (Å²) in [5.74, 6) is 0. The Morgan fingerprint density at radius 2 is 1.95 bits per heavy atom. The monoisotopic (exact) mass is 295 g/mol. The van der Waals surface area contributed by atoms with E-state index in [1.165, 1.54) is 29.7 Å². The fourth-order valence-electron chi connectivity index (χ4n) is 3.05. The highest BCUT2D eigenvalue weighted by molar-refractivity contribution is 7.12. The van der Waals surface area contributed by atoms with Gasteiger partial charge in [-0.25, -0.2) is 0 Å². The maximum Gasteiger partial charge on any atom is 0.115 e. The van der Waals surface area contributed by atoms with Gasteiger partial charge < -0.3 is 5.11 Å². The first-order chi connectivity index (χ1) is 10.3. The van der Waals surface area contributed by atoms with Crippen LogP contribution in [0, 0.1) is 0 Å². The van der Waals surface area contributed by atoms with Gasteiger partial charge in [-0.05, 0) is 49.4 Å². The lowest BCUT2D eigenvalue weighted by molar-refractivity contribution is 0.224. The molecule has 4 rings (SSSR count). The van der Waals surface area contributed by atoms with Gasteiger partial charge in [0.25, 0.3) is 0 Å². The molecular formula is C18H17NOS. The average Bonchev–Trinajstić information content (AvgIpc) is 2.97. The first-order valence-corrected chi connectivity index (χ1v) is 8.27. The molecule has 1 aliphatic rings. The second kappa shape index (κ2) is 5.24. The number of aromatic nitrogens is 1. The molecule has 0 bridgehead atoms. The lowest BCUT2D eigenvalue weighted by Crippen LogP contribution is -1.98. The standard InChI is InChI=1S/C18H17NOS/c20-18(17-10-13-6-2-4-8-16(13)21-17)14-9-12-5-1-3-7-15(12)19-11-14/h1,3,5,7,9-11,18,20H,2,4,6,8H2. The lowest BCUT2D eigenvalue weighted by Gasteiger charge is -2.09. The molecule has 2 heterocycles. The quantitative estimate of drug-likeness (QED) is 0.766. The Bertz CT molecular complexity index is 769. The molecule has 1 N–H and O–H groups in total. The topological polar surface area (TPSA) is 33.1 Å². The molecule has 0 saturated carbocycles. The number of benzene rings is 1. The van der Waals surface area contributed by atoms with Crippen LogP contribution in [-0.2, 0) is 12.8 Å². The lowest BCUT2D eigenvalue weighted by atomic mass is 9.98. The van der Waals surface area contributed by atoms with Crippen molar-refractivity contribution < 1.29 is 5.11 Å². The van der Waals surface area contributed by atoms with Crippen molar-refractivity contribution in [3.8, 4) is 0 Å². The minimum Gasteiger partial charge on any atom is -0.383 e. The van der Waals surface area contributed by atoms with Crippen LogP contribution in [0.15, 0.2) is 42.6 Å². The molecule has 3 aromatic rings. The smallest absolute Gasteiger partial charge is 0.115 e. The molecule has 106 valence electrons. The predicted octanol–water partition coefficient (Wildman–Crippen LogP) is 4.26. The summed E-state index contributed by atoms with van der Waals surface area (Å²) in [5, 5.41) is 11.8. The summed E-state index contributed by atoms with van der Waals surface area (Å²) in [6.07, 6.45) is 6.12. The SMILES string of the molecule is OC(c1cnc2ccccc2c1)c1cc2c(s1)CCCC2. The van der Waals surface area contributed by atoms with Crippen molar-refractivity contribution in [2.24, 2.45) is 0 Å². The number of nitrogens with zero attached hydrogens (tertiary/aromatic N) is 1. The number of aliphatic hydroxyl groups excluding tert-OH is 1. The number of aliphatic hydroxyl groups is 1. The van der Waals surface area contributed by atoms with Crippen LogP contribution in [0.2, 0.25) is 0 Å². The number of hydrogen-bond donors (Lipinski definition) is 1. The second-order valence-electron chi connectivity index (χ2n) is 5.67. The van der Waals surface area contributed by atoms with Crippen molar-refractivity contribution in [1.29, 1.82) is 0 Å². The van der Waals surface area contributed by atoms with Crippen molar-refractivity contribution >= 4 is 22.2 Å². The Morgan fingerprint density at radius 3 is 2.86 bits per heavy atom. The molecule has 0 fully saturated rings. The minimum atomic E-state index is -0.558. The van der Waals surface area contributed by atoms with Gasteiger partial charge in [-0.3, -0.25) is 4.98 Å². The van der Waals surface area contributed by atoms with Gasteiger partial charge in [0.15, 0.2) is 0 Å². The molecule has 1 unspecified atom stereocenters. The van der Waals surface area contributed by atoms with Crippen LogP contribution in [0.25, 0.3) is 10.9 Å². The summed E-state index contributed by atoms with van der Waals surface area (Å²) in [4.78, 5) is 6.97. The number of pyridine rings is 1. The molecule has 0 amide bonds. The molecule has 1 aliphatic carbocycles. The summed E-state index contributed by atoms with van der Waals surface area (Å²) in [7, 11) is 0. The Balaban J connectivity index is 1.71. The minimum absolute atomic E-state index is 0.558. The van der Waals surface area contributed by atoms with Gasteiger partial charge in [0.2, 0.25) is 0 Å². The predicted molar refractivity (Wildman–Crippen MR) is 86.8 cm³/mol. The van der Waals surface area contributed by atoms with Crippen LogP contribution in [0.4, 0.5) is 0 Å². The first-order valence-electron chi connectivity index (χ1n) is 7.45. The van der Waals surface area contributed by atoms with Gasteiger partial charge in [-0.2, -0.15) is 0 Å². The van der Waals surface area contributed by atoms with Crippen molar-refractivity contribution in [3.63, 3.8) is 0 Å². The van der Waals surface area contributed by atoms with Crippen LogP contribution in [0.3, 0.4) is 0 Å². The van der Waals surface area contributed by atoms with Gasteiger partial charge in [0, 0.05) is 26.9 Å². The molecule has 2 nitrogen and oxygen atoms in total. The van der Waals surface area contributed by atoms with Crippen LogP contribution in [0.1, 0.15) is 39.8 Å². The molecular weight excluding hydrogens is 278 g/mol.